The number of hydrogen-bond acceptors (Lipinski definition) is 2. The minimum atomic E-state index is 0.0214. The van der Waals surface area contributed by atoms with E-state index in [0.29, 0.717) is 5.92 Å². The van der Waals surface area contributed by atoms with E-state index in [4.69, 9.17) is 0 Å². The fourth-order valence-corrected chi connectivity index (χ4v) is 5.93. The molecule has 29 heavy (non-hydrogen) atoms. The van der Waals surface area contributed by atoms with Gasteiger partial charge in [0.1, 0.15) is 0 Å². The molecule has 0 saturated heterocycles. The number of benzene rings is 2. The summed E-state index contributed by atoms with van der Waals surface area (Å²) in [6.45, 7) is 11.3. The van der Waals surface area contributed by atoms with Crippen LogP contribution >= 0.6 is 11.3 Å². The van der Waals surface area contributed by atoms with Gasteiger partial charge in [0.25, 0.3) is 0 Å². The number of rotatable bonds is 2. The normalized spacial score (nSPS) is 18.4. The quantitative estimate of drug-likeness (QED) is 0.461. The van der Waals surface area contributed by atoms with Gasteiger partial charge in [0.2, 0.25) is 0 Å². The van der Waals surface area contributed by atoms with E-state index < -0.39 is 0 Å². The van der Waals surface area contributed by atoms with E-state index in [1.54, 1.807) is 0 Å². The Morgan fingerprint density at radius 2 is 1.55 bits per heavy atom. The molecule has 2 aromatic carbocycles. The number of anilines is 1. The molecule has 0 saturated carbocycles. The lowest BCUT2D eigenvalue weighted by molar-refractivity contribution is 0.634. The third kappa shape index (κ3) is 2.89. The van der Waals surface area contributed by atoms with Crippen LogP contribution < -0.4 is 5.32 Å². The molecule has 0 aliphatic heterocycles. The van der Waals surface area contributed by atoms with Crippen LogP contribution in [0, 0.1) is 5.92 Å². The van der Waals surface area contributed by atoms with E-state index in [-0.39, 0.29) is 5.54 Å². The highest BCUT2D eigenvalue weighted by atomic mass is 32.1. The predicted molar refractivity (Wildman–Crippen MR) is 129 cm³/mol. The minimum absolute atomic E-state index is 0.0214. The maximum Gasteiger partial charge on any atom is 0.0421 e. The second-order valence-electron chi connectivity index (χ2n) is 9.17. The average Bonchev–Trinajstić information content (AvgIpc) is 3.17. The highest BCUT2D eigenvalue weighted by Crippen LogP contribution is 2.55. The standard InChI is InChI=1S/C27H27NS/c1-16-17(2)25-20(14-15-23-26(25)19-11-7-9-13-22(19)29-23)24(16)18-10-6-8-12-21(18)28-27(3,4)5/h6-15,20,28H,1-5H3. The Morgan fingerprint density at radius 1 is 0.862 bits per heavy atom. The van der Waals surface area contributed by atoms with Crippen LogP contribution in [0.5, 0.6) is 0 Å². The number of para-hydroxylation sites is 1. The predicted octanol–water partition coefficient (Wildman–Crippen LogP) is 8.02. The lowest BCUT2D eigenvalue weighted by atomic mass is 9.82. The Hall–Kier alpha value is -2.58. The molecule has 1 nitrogen and oxygen atoms in total. The molecule has 2 aliphatic carbocycles. The molecule has 1 N–H and O–H groups in total. The van der Waals surface area contributed by atoms with E-state index in [1.807, 2.05) is 11.3 Å². The lowest BCUT2D eigenvalue weighted by Gasteiger charge is -2.27. The molecule has 0 fully saturated rings. The summed E-state index contributed by atoms with van der Waals surface area (Å²) in [5.74, 6) is 0.323. The van der Waals surface area contributed by atoms with Crippen LogP contribution in [0.25, 0.3) is 27.3 Å². The van der Waals surface area contributed by atoms with Crippen molar-refractivity contribution in [1.29, 1.82) is 0 Å². The summed E-state index contributed by atoms with van der Waals surface area (Å²) in [6, 6.07) is 17.6. The second-order valence-corrected chi connectivity index (χ2v) is 10.3. The number of allylic oxidation sites excluding steroid dienone is 5. The molecule has 3 aromatic rings. The Balaban J connectivity index is 1.68. The summed E-state index contributed by atoms with van der Waals surface area (Å²) in [4.78, 5) is 1.40. The molecular weight excluding hydrogens is 370 g/mol. The second kappa shape index (κ2) is 6.47. The van der Waals surface area contributed by atoms with Crippen LogP contribution in [0.15, 0.2) is 65.8 Å². The van der Waals surface area contributed by atoms with Gasteiger partial charge in [-0.3, -0.25) is 0 Å². The molecule has 0 radical (unpaired) electrons. The van der Waals surface area contributed by atoms with Crippen LogP contribution in [-0.4, -0.2) is 5.54 Å². The molecular formula is C27H27NS. The van der Waals surface area contributed by atoms with Crippen molar-refractivity contribution in [3.63, 3.8) is 0 Å². The summed E-state index contributed by atoms with van der Waals surface area (Å²) >= 11 is 1.91. The zero-order valence-corrected chi connectivity index (χ0v) is 18.6. The van der Waals surface area contributed by atoms with E-state index in [9.17, 15) is 0 Å². The number of hydrogen-bond donors (Lipinski definition) is 1. The van der Waals surface area contributed by atoms with Crippen molar-refractivity contribution in [2.24, 2.45) is 5.92 Å². The van der Waals surface area contributed by atoms with Crippen LogP contribution in [0.1, 0.15) is 50.6 Å². The Labute approximate surface area is 177 Å². The van der Waals surface area contributed by atoms with Gasteiger partial charge in [0, 0.05) is 43.2 Å². The van der Waals surface area contributed by atoms with E-state index in [0.717, 1.165) is 0 Å². The molecule has 2 heteroatoms. The largest absolute Gasteiger partial charge is 0.380 e. The fourth-order valence-electron chi connectivity index (χ4n) is 4.79. The van der Waals surface area contributed by atoms with Gasteiger partial charge in [-0.1, -0.05) is 42.5 Å². The third-order valence-corrected chi connectivity index (χ3v) is 7.19. The van der Waals surface area contributed by atoms with Crippen LogP contribution in [-0.2, 0) is 0 Å². The van der Waals surface area contributed by atoms with E-state index >= 15 is 0 Å². The average molecular weight is 398 g/mol. The fraction of sp³-hybridized carbons (Fsp3) is 0.259. The summed E-state index contributed by atoms with van der Waals surface area (Å²) in [6.07, 6.45) is 4.76. The monoisotopic (exact) mass is 397 g/mol. The summed E-state index contributed by atoms with van der Waals surface area (Å²) < 4.78 is 1.38. The highest BCUT2D eigenvalue weighted by Gasteiger charge is 2.35. The van der Waals surface area contributed by atoms with Gasteiger partial charge >= 0.3 is 0 Å². The summed E-state index contributed by atoms with van der Waals surface area (Å²) in [5.41, 5.74) is 9.81. The smallest absolute Gasteiger partial charge is 0.0421 e. The zero-order chi connectivity index (χ0) is 20.3. The SMILES string of the molecule is CC1=C(c2ccccc2NC(C)(C)C)C2C=Cc3sc4ccccc4c3C2=C1C. The molecule has 1 heterocycles. The number of nitrogens with one attached hydrogen (secondary N) is 1. The molecule has 1 unspecified atom stereocenters. The lowest BCUT2D eigenvalue weighted by Crippen LogP contribution is -2.26. The van der Waals surface area contributed by atoms with Crippen LogP contribution in [0.4, 0.5) is 5.69 Å². The first-order chi connectivity index (χ1) is 13.8. The van der Waals surface area contributed by atoms with Gasteiger partial charge < -0.3 is 5.32 Å². The third-order valence-electron chi connectivity index (χ3n) is 6.05. The molecule has 1 aromatic heterocycles. The van der Waals surface area contributed by atoms with E-state index in [1.165, 1.54) is 54.1 Å². The maximum absolute atomic E-state index is 3.73. The Morgan fingerprint density at radius 3 is 2.34 bits per heavy atom. The van der Waals surface area contributed by atoms with Crippen molar-refractivity contribution < 1.29 is 0 Å². The molecule has 0 amide bonds. The summed E-state index contributed by atoms with van der Waals surface area (Å²) in [5, 5.41) is 5.12. The van der Waals surface area contributed by atoms with Gasteiger partial charge in [-0.25, -0.2) is 0 Å². The molecule has 0 bridgehead atoms. The van der Waals surface area contributed by atoms with Gasteiger partial charge in [-0.05, 0) is 75.1 Å². The first kappa shape index (κ1) is 18.4. The van der Waals surface area contributed by atoms with Gasteiger partial charge in [0.15, 0.2) is 0 Å². The maximum atomic E-state index is 3.73. The van der Waals surface area contributed by atoms with Gasteiger partial charge in [0.05, 0.1) is 0 Å². The van der Waals surface area contributed by atoms with Crippen molar-refractivity contribution in [3.05, 3.63) is 81.8 Å². The van der Waals surface area contributed by atoms with Gasteiger partial charge in [-0.2, -0.15) is 0 Å². The number of fused-ring (bicyclic) bond motifs is 5. The highest BCUT2D eigenvalue weighted by molar-refractivity contribution is 7.20. The van der Waals surface area contributed by atoms with Crippen LogP contribution in [0.3, 0.4) is 0 Å². The first-order valence-electron chi connectivity index (χ1n) is 10.3. The molecule has 5 rings (SSSR count). The molecule has 0 spiro atoms. The minimum Gasteiger partial charge on any atom is -0.380 e. The van der Waals surface area contributed by atoms with Crippen molar-refractivity contribution >= 4 is 44.3 Å². The van der Waals surface area contributed by atoms with Crippen LogP contribution in [0.2, 0.25) is 0 Å². The first-order valence-corrected chi connectivity index (χ1v) is 11.2. The van der Waals surface area contributed by atoms with Gasteiger partial charge in [-0.15, -0.1) is 11.3 Å². The number of thiophene rings is 1. The topological polar surface area (TPSA) is 12.0 Å². The Kier molecular flexibility index (Phi) is 4.11. The van der Waals surface area contributed by atoms with Crippen molar-refractivity contribution in [3.8, 4) is 0 Å². The molecule has 146 valence electrons. The Bertz CT molecular complexity index is 1230. The van der Waals surface area contributed by atoms with Crippen molar-refractivity contribution in [2.45, 2.75) is 40.2 Å². The molecule has 2 aliphatic rings. The van der Waals surface area contributed by atoms with Crippen molar-refractivity contribution in [1.82, 2.24) is 0 Å². The van der Waals surface area contributed by atoms with Crippen molar-refractivity contribution in [2.75, 3.05) is 5.32 Å². The molecule has 1 atom stereocenters. The summed E-state index contributed by atoms with van der Waals surface area (Å²) in [7, 11) is 0. The van der Waals surface area contributed by atoms with E-state index in [2.05, 4.69) is 101 Å². The zero-order valence-electron chi connectivity index (χ0n) is 17.8.